The molecule has 4 atom stereocenters. The van der Waals surface area contributed by atoms with Crippen LogP contribution in [0.1, 0.15) is 41.2 Å². The van der Waals surface area contributed by atoms with Crippen LogP contribution >= 0.6 is 0 Å². The summed E-state index contributed by atoms with van der Waals surface area (Å²) in [7, 11) is -1.02. The molecule has 4 unspecified atom stereocenters. The van der Waals surface area contributed by atoms with Crippen molar-refractivity contribution in [3.63, 3.8) is 0 Å². The first kappa shape index (κ1) is 19.7. The molecule has 1 aliphatic rings. The highest BCUT2D eigenvalue weighted by Gasteiger charge is 2.29. The topological polar surface area (TPSA) is 90.6 Å². The Morgan fingerprint density at radius 3 is 2.59 bits per heavy atom. The van der Waals surface area contributed by atoms with E-state index in [4.69, 9.17) is 4.74 Å². The summed E-state index contributed by atoms with van der Waals surface area (Å²) in [5, 5.41) is 28.9. The Balaban J connectivity index is 1.85. The van der Waals surface area contributed by atoms with E-state index in [0.29, 0.717) is 24.8 Å². The largest absolute Gasteiger partial charge is 0.394 e. The molecule has 0 bridgehead atoms. The Morgan fingerprint density at radius 1 is 1.22 bits per heavy atom. The van der Waals surface area contributed by atoms with Crippen LogP contribution in [0, 0.1) is 11.3 Å². The summed E-state index contributed by atoms with van der Waals surface area (Å²) in [5.74, 6) is 0. The Labute approximate surface area is 161 Å². The first-order chi connectivity index (χ1) is 13.0. The second-order valence-corrected chi connectivity index (χ2v) is 8.24. The summed E-state index contributed by atoms with van der Waals surface area (Å²) in [4.78, 5) is 0.771. The molecule has 2 aromatic rings. The van der Waals surface area contributed by atoms with E-state index in [0.717, 1.165) is 21.6 Å². The van der Waals surface area contributed by atoms with Crippen molar-refractivity contribution in [3.8, 4) is 6.07 Å². The van der Waals surface area contributed by atoms with E-state index in [9.17, 15) is 19.7 Å². The molecule has 142 valence electrons. The van der Waals surface area contributed by atoms with Gasteiger partial charge in [0.2, 0.25) is 0 Å². The summed E-state index contributed by atoms with van der Waals surface area (Å²) in [6, 6.07) is 15.3. The lowest BCUT2D eigenvalue weighted by Gasteiger charge is -2.32. The van der Waals surface area contributed by atoms with E-state index in [1.165, 1.54) is 0 Å². The molecule has 2 N–H and O–H groups in total. The van der Waals surface area contributed by atoms with E-state index in [1.807, 2.05) is 36.4 Å². The van der Waals surface area contributed by atoms with Crippen molar-refractivity contribution in [2.24, 2.45) is 0 Å². The summed E-state index contributed by atoms with van der Waals surface area (Å²) in [6.45, 7) is -0.123. The molecule has 0 aromatic heterocycles. The van der Waals surface area contributed by atoms with Gasteiger partial charge in [-0.3, -0.25) is 4.21 Å². The summed E-state index contributed by atoms with van der Waals surface area (Å²) in [6.07, 6.45) is 1.93. The first-order valence-electron chi connectivity index (χ1n) is 8.89. The van der Waals surface area contributed by atoms with Crippen molar-refractivity contribution < 1.29 is 19.2 Å². The van der Waals surface area contributed by atoms with E-state index < -0.39 is 16.9 Å². The Hall–Kier alpha value is -2.04. The van der Waals surface area contributed by atoms with Crippen LogP contribution < -0.4 is 0 Å². The van der Waals surface area contributed by atoms with E-state index in [2.05, 4.69) is 6.07 Å². The van der Waals surface area contributed by atoms with Gasteiger partial charge in [-0.25, -0.2) is 0 Å². The molecule has 1 fully saturated rings. The molecule has 0 amide bonds. The molecule has 0 saturated carbocycles. The van der Waals surface area contributed by atoms with Gasteiger partial charge in [0, 0.05) is 34.8 Å². The zero-order valence-corrected chi connectivity index (χ0v) is 16.0. The number of ether oxygens (including phenoxy) is 1. The second kappa shape index (κ2) is 8.77. The third-order valence-electron chi connectivity index (χ3n) is 4.85. The molecule has 1 saturated heterocycles. The predicted octanol–water partition coefficient (Wildman–Crippen LogP) is 2.46. The van der Waals surface area contributed by atoms with Crippen molar-refractivity contribution in [2.75, 3.05) is 12.9 Å². The molecular formula is C21H23NO4S. The van der Waals surface area contributed by atoms with Crippen LogP contribution in [0.25, 0.3) is 0 Å². The molecular weight excluding hydrogens is 362 g/mol. The number of aliphatic hydroxyl groups excluding tert-OH is 2. The van der Waals surface area contributed by atoms with Crippen LogP contribution in [0.4, 0.5) is 0 Å². The highest BCUT2D eigenvalue weighted by Crippen LogP contribution is 2.32. The van der Waals surface area contributed by atoms with Gasteiger partial charge in [0.1, 0.15) is 0 Å². The van der Waals surface area contributed by atoms with Crippen LogP contribution in [0.3, 0.4) is 0 Å². The van der Waals surface area contributed by atoms with Gasteiger partial charge in [-0.1, -0.05) is 24.3 Å². The molecule has 0 spiro atoms. The zero-order valence-electron chi connectivity index (χ0n) is 15.2. The summed E-state index contributed by atoms with van der Waals surface area (Å²) < 4.78 is 17.4. The SMILES string of the molecule is CS(=O)c1ccc(Cc2cc(C3CC(O)CC(CO)O3)ccc2C#N)cc1. The van der Waals surface area contributed by atoms with Gasteiger partial charge in [-0.2, -0.15) is 5.26 Å². The zero-order chi connectivity index (χ0) is 19.4. The van der Waals surface area contributed by atoms with Crippen LogP contribution in [0.5, 0.6) is 0 Å². The molecule has 5 nitrogen and oxygen atoms in total. The molecule has 27 heavy (non-hydrogen) atoms. The fourth-order valence-corrected chi connectivity index (χ4v) is 3.93. The number of benzene rings is 2. The molecule has 1 heterocycles. The van der Waals surface area contributed by atoms with Crippen molar-refractivity contribution in [3.05, 3.63) is 64.7 Å². The third-order valence-corrected chi connectivity index (χ3v) is 5.79. The normalized spacial score (nSPS) is 23.6. The number of hydrogen-bond donors (Lipinski definition) is 2. The van der Waals surface area contributed by atoms with Gasteiger partial charge in [0.05, 0.1) is 36.6 Å². The smallest absolute Gasteiger partial charge is 0.0994 e. The Kier molecular flexibility index (Phi) is 6.40. The van der Waals surface area contributed by atoms with E-state index >= 15 is 0 Å². The predicted molar refractivity (Wildman–Crippen MR) is 103 cm³/mol. The number of hydrogen-bond acceptors (Lipinski definition) is 5. The van der Waals surface area contributed by atoms with Crippen molar-refractivity contribution in [2.45, 2.75) is 42.5 Å². The number of rotatable bonds is 5. The van der Waals surface area contributed by atoms with Crippen LogP contribution in [-0.2, 0) is 22.0 Å². The van der Waals surface area contributed by atoms with E-state index in [1.54, 1.807) is 12.3 Å². The lowest BCUT2D eigenvalue weighted by molar-refractivity contribution is -0.113. The molecule has 0 radical (unpaired) electrons. The van der Waals surface area contributed by atoms with Gasteiger partial charge in [0.15, 0.2) is 0 Å². The molecule has 2 aromatic carbocycles. The fraction of sp³-hybridized carbons (Fsp3) is 0.381. The quantitative estimate of drug-likeness (QED) is 0.825. The number of nitrogens with zero attached hydrogens (tertiary/aromatic N) is 1. The second-order valence-electron chi connectivity index (χ2n) is 6.86. The monoisotopic (exact) mass is 385 g/mol. The maximum absolute atomic E-state index is 11.5. The number of nitriles is 1. The van der Waals surface area contributed by atoms with Crippen molar-refractivity contribution in [1.82, 2.24) is 0 Å². The molecule has 6 heteroatoms. The average Bonchev–Trinajstić information content (AvgIpc) is 2.67. The fourth-order valence-electron chi connectivity index (χ4n) is 3.41. The standard InChI is InChI=1S/C21H23NO4S/c1-27(25)20-6-2-14(3-7-20)8-17-9-15(4-5-16(17)12-22)21-11-18(24)10-19(13-23)26-21/h2-7,9,18-19,21,23-24H,8,10-11,13H2,1H3. The summed E-state index contributed by atoms with van der Waals surface area (Å²) in [5.41, 5.74) is 3.39. The third kappa shape index (κ3) is 4.82. The lowest BCUT2D eigenvalue weighted by Crippen LogP contribution is -2.33. The lowest BCUT2D eigenvalue weighted by atomic mass is 9.92. The van der Waals surface area contributed by atoms with Gasteiger partial charge in [-0.05, 0) is 41.3 Å². The minimum Gasteiger partial charge on any atom is -0.394 e. The van der Waals surface area contributed by atoms with Crippen molar-refractivity contribution >= 4 is 10.8 Å². The number of aliphatic hydroxyl groups is 2. The van der Waals surface area contributed by atoms with Gasteiger partial charge >= 0.3 is 0 Å². The maximum atomic E-state index is 11.5. The van der Waals surface area contributed by atoms with E-state index in [-0.39, 0.29) is 18.8 Å². The molecule has 3 rings (SSSR count). The van der Waals surface area contributed by atoms with Crippen molar-refractivity contribution in [1.29, 1.82) is 5.26 Å². The first-order valence-corrected chi connectivity index (χ1v) is 10.5. The highest BCUT2D eigenvalue weighted by atomic mass is 32.2. The van der Waals surface area contributed by atoms with Gasteiger partial charge < -0.3 is 14.9 Å². The minimum absolute atomic E-state index is 0.123. The highest BCUT2D eigenvalue weighted by molar-refractivity contribution is 7.84. The van der Waals surface area contributed by atoms with Crippen LogP contribution in [0.15, 0.2) is 47.4 Å². The Morgan fingerprint density at radius 2 is 1.96 bits per heavy atom. The molecule has 1 aliphatic heterocycles. The average molecular weight is 385 g/mol. The van der Waals surface area contributed by atoms with Gasteiger partial charge in [-0.15, -0.1) is 0 Å². The minimum atomic E-state index is -1.02. The van der Waals surface area contributed by atoms with Crippen LogP contribution in [-0.4, -0.2) is 39.5 Å². The summed E-state index contributed by atoms with van der Waals surface area (Å²) >= 11 is 0. The molecule has 0 aliphatic carbocycles. The van der Waals surface area contributed by atoms with Crippen LogP contribution in [0.2, 0.25) is 0 Å². The van der Waals surface area contributed by atoms with Gasteiger partial charge in [0.25, 0.3) is 0 Å². The Bertz CT molecular complexity index is 859. The maximum Gasteiger partial charge on any atom is 0.0994 e.